The highest BCUT2D eigenvalue weighted by atomic mass is 79.9. The number of hydrogen-bond acceptors (Lipinski definition) is 3. The van der Waals surface area contributed by atoms with Gasteiger partial charge in [-0.1, -0.05) is 15.9 Å². The van der Waals surface area contributed by atoms with E-state index in [1.807, 2.05) is 23.1 Å². The van der Waals surface area contributed by atoms with E-state index < -0.39 is 0 Å². The molecule has 88 valence electrons. The first-order valence-corrected chi connectivity index (χ1v) is 6.54. The van der Waals surface area contributed by atoms with E-state index in [-0.39, 0.29) is 6.23 Å². The lowest BCUT2D eigenvalue weighted by Crippen LogP contribution is -2.28. The van der Waals surface area contributed by atoms with E-state index in [1.165, 1.54) is 0 Å². The molecule has 0 saturated carbocycles. The molecule has 0 aliphatic carbocycles. The molecule has 1 saturated heterocycles. The van der Waals surface area contributed by atoms with Crippen molar-refractivity contribution in [3.63, 3.8) is 0 Å². The van der Waals surface area contributed by atoms with Crippen molar-refractivity contribution in [2.24, 2.45) is 0 Å². The summed E-state index contributed by atoms with van der Waals surface area (Å²) in [5, 5.41) is 11.0. The van der Waals surface area contributed by atoms with Gasteiger partial charge < -0.3 is 10.0 Å². The molecular formula is C13H13BrN2O. The summed E-state index contributed by atoms with van der Waals surface area (Å²) in [5.41, 5.74) is 2.04. The van der Waals surface area contributed by atoms with Crippen LogP contribution in [0, 0.1) is 0 Å². The first kappa shape index (κ1) is 11.0. The third-order valence-electron chi connectivity index (χ3n) is 3.22. The van der Waals surface area contributed by atoms with Crippen molar-refractivity contribution in [1.82, 2.24) is 4.98 Å². The van der Waals surface area contributed by atoms with Crippen molar-refractivity contribution < 1.29 is 5.11 Å². The van der Waals surface area contributed by atoms with E-state index >= 15 is 0 Å². The molecule has 1 N–H and O–H groups in total. The fraction of sp³-hybridized carbons (Fsp3) is 0.308. The molecule has 17 heavy (non-hydrogen) atoms. The SMILES string of the molecule is OC1CCCN1c1ccc2nccc(Br)c2c1. The molecule has 1 atom stereocenters. The average molecular weight is 293 g/mol. The van der Waals surface area contributed by atoms with Gasteiger partial charge in [0.25, 0.3) is 0 Å². The van der Waals surface area contributed by atoms with Crippen molar-refractivity contribution in [1.29, 1.82) is 0 Å². The lowest BCUT2D eigenvalue weighted by Gasteiger charge is -2.22. The van der Waals surface area contributed by atoms with Crippen LogP contribution >= 0.6 is 15.9 Å². The zero-order chi connectivity index (χ0) is 11.8. The van der Waals surface area contributed by atoms with E-state index in [0.717, 1.165) is 40.4 Å². The summed E-state index contributed by atoms with van der Waals surface area (Å²) >= 11 is 3.53. The first-order chi connectivity index (χ1) is 8.25. The molecule has 0 amide bonds. The molecule has 2 aromatic rings. The van der Waals surface area contributed by atoms with E-state index in [2.05, 4.69) is 27.0 Å². The van der Waals surface area contributed by atoms with Crippen molar-refractivity contribution in [3.8, 4) is 0 Å². The van der Waals surface area contributed by atoms with Gasteiger partial charge in [-0.25, -0.2) is 0 Å². The largest absolute Gasteiger partial charge is 0.374 e. The summed E-state index contributed by atoms with van der Waals surface area (Å²) in [5.74, 6) is 0. The number of pyridine rings is 1. The van der Waals surface area contributed by atoms with Crippen molar-refractivity contribution in [3.05, 3.63) is 34.9 Å². The average Bonchev–Trinajstić information content (AvgIpc) is 2.76. The van der Waals surface area contributed by atoms with Crippen LogP contribution in [0.4, 0.5) is 5.69 Å². The van der Waals surface area contributed by atoms with Crippen LogP contribution in [0.25, 0.3) is 10.9 Å². The molecule has 0 spiro atoms. The molecule has 1 aliphatic rings. The first-order valence-electron chi connectivity index (χ1n) is 5.75. The molecular weight excluding hydrogens is 280 g/mol. The van der Waals surface area contributed by atoms with Gasteiger partial charge in [0.05, 0.1) is 5.52 Å². The maximum Gasteiger partial charge on any atom is 0.126 e. The van der Waals surface area contributed by atoms with Gasteiger partial charge in [0.1, 0.15) is 6.23 Å². The van der Waals surface area contributed by atoms with Gasteiger partial charge in [0.15, 0.2) is 0 Å². The summed E-state index contributed by atoms with van der Waals surface area (Å²) in [6, 6.07) is 8.05. The third kappa shape index (κ3) is 1.91. The van der Waals surface area contributed by atoms with Gasteiger partial charge in [-0.05, 0) is 37.1 Å². The van der Waals surface area contributed by atoms with Gasteiger partial charge in [-0.2, -0.15) is 0 Å². The predicted octanol–water partition coefficient (Wildman–Crippen LogP) is 2.92. The highest BCUT2D eigenvalue weighted by Gasteiger charge is 2.22. The number of aromatic nitrogens is 1. The van der Waals surface area contributed by atoms with E-state index in [0.29, 0.717) is 0 Å². The van der Waals surface area contributed by atoms with Crippen LogP contribution < -0.4 is 4.90 Å². The number of hydrogen-bond donors (Lipinski definition) is 1. The van der Waals surface area contributed by atoms with Crippen LogP contribution in [0.1, 0.15) is 12.8 Å². The monoisotopic (exact) mass is 292 g/mol. The number of anilines is 1. The lowest BCUT2D eigenvalue weighted by atomic mass is 10.2. The van der Waals surface area contributed by atoms with Crippen LogP contribution in [-0.2, 0) is 0 Å². The fourth-order valence-electron chi connectivity index (χ4n) is 2.33. The minimum Gasteiger partial charge on any atom is -0.374 e. The molecule has 0 bridgehead atoms. The zero-order valence-corrected chi connectivity index (χ0v) is 10.9. The second kappa shape index (κ2) is 4.27. The Balaban J connectivity index is 2.09. The molecule has 3 nitrogen and oxygen atoms in total. The Morgan fingerprint density at radius 2 is 2.24 bits per heavy atom. The summed E-state index contributed by atoms with van der Waals surface area (Å²) < 4.78 is 1.04. The summed E-state index contributed by atoms with van der Waals surface area (Å²) in [7, 11) is 0. The van der Waals surface area contributed by atoms with Crippen molar-refractivity contribution in [2.45, 2.75) is 19.1 Å². The Morgan fingerprint density at radius 3 is 3.00 bits per heavy atom. The van der Waals surface area contributed by atoms with Gasteiger partial charge in [0.2, 0.25) is 0 Å². The zero-order valence-electron chi connectivity index (χ0n) is 9.31. The van der Waals surface area contributed by atoms with Gasteiger partial charge in [-0.15, -0.1) is 0 Å². The number of aliphatic hydroxyl groups excluding tert-OH is 1. The van der Waals surface area contributed by atoms with Crippen LogP contribution in [0.5, 0.6) is 0 Å². The van der Waals surface area contributed by atoms with Crippen LogP contribution in [0.3, 0.4) is 0 Å². The maximum atomic E-state index is 9.88. The Kier molecular flexibility index (Phi) is 2.76. The smallest absolute Gasteiger partial charge is 0.126 e. The minimum absolute atomic E-state index is 0.345. The van der Waals surface area contributed by atoms with E-state index in [1.54, 1.807) is 6.20 Å². The molecule has 3 rings (SSSR count). The molecule has 2 heterocycles. The fourth-order valence-corrected chi connectivity index (χ4v) is 2.77. The molecule has 0 radical (unpaired) electrons. The number of nitrogens with zero attached hydrogens (tertiary/aromatic N) is 2. The van der Waals surface area contributed by atoms with Crippen molar-refractivity contribution in [2.75, 3.05) is 11.4 Å². The highest BCUT2D eigenvalue weighted by Crippen LogP contribution is 2.30. The quantitative estimate of drug-likeness (QED) is 0.878. The Morgan fingerprint density at radius 1 is 1.35 bits per heavy atom. The molecule has 1 unspecified atom stereocenters. The molecule has 1 fully saturated rings. The number of rotatable bonds is 1. The molecule has 1 aromatic heterocycles. The molecule has 1 aliphatic heterocycles. The number of aliphatic hydroxyl groups is 1. The summed E-state index contributed by atoms with van der Waals surface area (Å²) in [6.45, 7) is 0.921. The third-order valence-corrected chi connectivity index (χ3v) is 3.92. The van der Waals surface area contributed by atoms with Crippen LogP contribution in [-0.4, -0.2) is 22.9 Å². The van der Waals surface area contributed by atoms with Gasteiger partial charge in [-0.3, -0.25) is 4.98 Å². The number of halogens is 1. The summed E-state index contributed by atoms with van der Waals surface area (Å²) in [6.07, 6.45) is 3.35. The Bertz CT molecular complexity index is 558. The predicted molar refractivity (Wildman–Crippen MR) is 72.0 cm³/mol. The van der Waals surface area contributed by atoms with Crippen LogP contribution in [0.15, 0.2) is 34.9 Å². The van der Waals surface area contributed by atoms with E-state index in [9.17, 15) is 5.11 Å². The Labute approximate surface area is 108 Å². The minimum atomic E-state index is -0.345. The Hall–Kier alpha value is -1.13. The normalized spacial score (nSPS) is 20.1. The molecule has 1 aromatic carbocycles. The van der Waals surface area contributed by atoms with E-state index in [4.69, 9.17) is 0 Å². The van der Waals surface area contributed by atoms with Crippen LogP contribution in [0.2, 0.25) is 0 Å². The highest BCUT2D eigenvalue weighted by molar-refractivity contribution is 9.10. The topological polar surface area (TPSA) is 36.4 Å². The number of benzene rings is 1. The maximum absolute atomic E-state index is 9.88. The van der Waals surface area contributed by atoms with Gasteiger partial charge >= 0.3 is 0 Å². The molecule has 4 heteroatoms. The second-order valence-corrected chi connectivity index (χ2v) is 5.16. The van der Waals surface area contributed by atoms with Crippen molar-refractivity contribution >= 4 is 32.5 Å². The summed E-state index contributed by atoms with van der Waals surface area (Å²) in [4.78, 5) is 6.36. The lowest BCUT2D eigenvalue weighted by molar-refractivity contribution is 0.186. The standard InChI is InChI=1S/C13H13BrN2O/c14-11-5-6-15-12-4-3-9(8-10(11)12)16-7-1-2-13(16)17/h3-6,8,13,17H,1-2,7H2. The second-order valence-electron chi connectivity index (χ2n) is 4.31. The number of fused-ring (bicyclic) bond motifs is 1. The van der Waals surface area contributed by atoms with Gasteiger partial charge in [0, 0.05) is 28.3 Å².